The average Bonchev–Trinajstić information content (AvgIpc) is 3.01. The van der Waals surface area contributed by atoms with Gasteiger partial charge in [0.2, 0.25) is 0 Å². The predicted molar refractivity (Wildman–Crippen MR) is 111 cm³/mol. The Bertz CT molecular complexity index is 1100. The van der Waals surface area contributed by atoms with Crippen LogP contribution in [0.4, 0.5) is 10.5 Å². The van der Waals surface area contributed by atoms with Gasteiger partial charge in [-0.05, 0) is 42.0 Å². The predicted octanol–water partition coefficient (Wildman–Crippen LogP) is 4.04. The number of anilines is 1. The molecule has 1 aliphatic heterocycles. The van der Waals surface area contributed by atoms with Crippen molar-refractivity contribution in [3.05, 3.63) is 89.5 Å². The molecule has 0 aliphatic carbocycles. The molecule has 0 radical (unpaired) electrons. The lowest BCUT2D eigenvalue weighted by atomic mass is 10.1. The number of hydrogen-bond donors (Lipinski definition) is 3. The Balaban J connectivity index is 1.40. The van der Waals surface area contributed by atoms with Crippen LogP contribution in [0.15, 0.2) is 82.6 Å². The third-order valence-corrected chi connectivity index (χ3v) is 5.50. The number of nitrogens with one attached hydrogen (secondary N) is 3. The van der Waals surface area contributed by atoms with Gasteiger partial charge in [0, 0.05) is 22.0 Å². The van der Waals surface area contributed by atoms with E-state index in [0.717, 1.165) is 15.4 Å². The highest BCUT2D eigenvalue weighted by atomic mass is 32.2. The van der Waals surface area contributed by atoms with Crippen LogP contribution < -0.4 is 16.0 Å². The first-order valence-electron chi connectivity index (χ1n) is 8.95. The number of urea groups is 1. The van der Waals surface area contributed by atoms with Gasteiger partial charge in [-0.3, -0.25) is 14.9 Å². The van der Waals surface area contributed by atoms with Crippen molar-refractivity contribution >= 4 is 35.3 Å². The molecule has 3 aromatic carbocycles. The van der Waals surface area contributed by atoms with Gasteiger partial charge in [0.05, 0.1) is 11.1 Å². The first-order chi connectivity index (χ1) is 14.1. The zero-order chi connectivity index (χ0) is 20.2. The third-order valence-electron chi connectivity index (χ3n) is 4.38. The van der Waals surface area contributed by atoms with Gasteiger partial charge in [0.25, 0.3) is 11.8 Å². The zero-order valence-corrected chi connectivity index (χ0v) is 16.1. The maximum atomic E-state index is 12.3. The molecule has 0 aromatic heterocycles. The molecule has 0 fully saturated rings. The van der Waals surface area contributed by atoms with E-state index in [1.165, 1.54) is 12.1 Å². The van der Waals surface area contributed by atoms with Crippen molar-refractivity contribution < 1.29 is 14.4 Å². The zero-order valence-electron chi connectivity index (χ0n) is 15.3. The first-order valence-corrected chi connectivity index (χ1v) is 9.77. The van der Waals surface area contributed by atoms with E-state index in [-0.39, 0.29) is 5.56 Å². The quantitative estimate of drug-likeness (QED) is 0.561. The number of amides is 4. The number of carbonyl (C=O) groups excluding carboxylic acids is 3. The van der Waals surface area contributed by atoms with Gasteiger partial charge in [-0.2, -0.15) is 0 Å². The van der Waals surface area contributed by atoms with E-state index in [9.17, 15) is 14.4 Å². The molecule has 7 heteroatoms. The molecule has 6 nitrogen and oxygen atoms in total. The Morgan fingerprint density at radius 3 is 2.41 bits per heavy atom. The molecule has 0 saturated carbocycles. The van der Waals surface area contributed by atoms with Crippen LogP contribution in [-0.4, -0.2) is 17.8 Å². The van der Waals surface area contributed by atoms with Crippen molar-refractivity contribution in [1.29, 1.82) is 0 Å². The summed E-state index contributed by atoms with van der Waals surface area (Å²) in [6, 6.07) is 22.1. The van der Waals surface area contributed by atoms with Gasteiger partial charge >= 0.3 is 6.03 Å². The van der Waals surface area contributed by atoms with Crippen molar-refractivity contribution in [1.82, 2.24) is 10.6 Å². The number of imide groups is 1. The van der Waals surface area contributed by atoms with Crippen LogP contribution in [0.2, 0.25) is 0 Å². The molecule has 0 spiro atoms. The Hall–Kier alpha value is -3.58. The smallest absolute Gasteiger partial charge is 0.319 e. The topological polar surface area (TPSA) is 87.3 Å². The summed E-state index contributed by atoms with van der Waals surface area (Å²) in [5, 5.41) is 7.76. The standard InChI is InChI=1S/C22H17N3O3S/c26-20-17-11-10-15(12-18(17)21(27)25-20)24-22(28)23-13-14-6-4-5-9-19(14)29-16-7-2-1-3-8-16/h1-12H,13H2,(H2,23,24,28)(H,25,26,27). The summed E-state index contributed by atoms with van der Waals surface area (Å²) < 4.78 is 0. The summed E-state index contributed by atoms with van der Waals surface area (Å²) in [4.78, 5) is 37.8. The van der Waals surface area contributed by atoms with Crippen molar-refractivity contribution in [3.8, 4) is 0 Å². The second-order valence-electron chi connectivity index (χ2n) is 6.37. The summed E-state index contributed by atoms with van der Waals surface area (Å²) in [6.45, 7) is 0.353. The number of fused-ring (bicyclic) bond motifs is 1. The molecule has 3 aromatic rings. The number of hydrogen-bond acceptors (Lipinski definition) is 4. The molecular formula is C22H17N3O3S. The van der Waals surface area contributed by atoms with E-state index in [1.807, 2.05) is 54.6 Å². The normalized spacial score (nSPS) is 12.3. The molecule has 4 rings (SSSR count). The van der Waals surface area contributed by atoms with Crippen molar-refractivity contribution in [2.75, 3.05) is 5.32 Å². The molecule has 0 saturated heterocycles. The average molecular weight is 403 g/mol. The molecule has 0 unspecified atom stereocenters. The molecule has 0 bridgehead atoms. The summed E-state index contributed by atoms with van der Waals surface area (Å²) in [5.74, 6) is -0.880. The minimum absolute atomic E-state index is 0.261. The highest BCUT2D eigenvalue weighted by Gasteiger charge is 2.26. The Morgan fingerprint density at radius 1 is 0.862 bits per heavy atom. The van der Waals surface area contributed by atoms with Crippen LogP contribution in [0.1, 0.15) is 26.3 Å². The van der Waals surface area contributed by atoms with E-state index in [0.29, 0.717) is 17.8 Å². The first kappa shape index (κ1) is 18.8. The number of rotatable bonds is 5. The van der Waals surface area contributed by atoms with Gasteiger partial charge in [-0.25, -0.2) is 4.79 Å². The monoisotopic (exact) mass is 403 g/mol. The van der Waals surface area contributed by atoms with Gasteiger partial charge in [-0.15, -0.1) is 0 Å². The van der Waals surface area contributed by atoms with Crippen molar-refractivity contribution in [2.45, 2.75) is 16.3 Å². The second kappa shape index (κ2) is 8.20. The number of carbonyl (C=O) groups is 3. The van der Waals surface area contributed by atoms with E-state index in [1.54, 1.807) is 17.8 Å². The SMILES string of the molecule is O=C(NCc1ccccc1Sc1ccccc1)Nc1ccc2c(c1)C(=O)NC2=O. The largest absolute Gasteiger partial charge is 0.334 e. The molecule has 144 valence electrons. The van der Waals surface area contributed by atoms with E-state index in [4.69, 9.17) is 0 Å². The minimum atomic E-state index is -0.457. The van der Waals surface area contributed by atoms with Crippen LogP contribution in [0.3, 0.4) is 0 Å². The van der Waals surface area contributed by atoms with E-state index in [2.05, 4.69) is 16.0 Å². The molecule has 0 atom stereocenters. The summed E-state index contributed by atoms with van der Waals surface area (Å²) in [6.07, 6.45) is 0. The van der Waals surface area contributed by atoms with Crippen molar-refractivity contribution in [2.24, 2.45) is 0 Å². The molecular weight excluding hydrogens is 386 g/mol. The Morgan fingerprint density at radius 2 is 1.59 bits per heavy atom. The number of benzene rings is 3. The summed E-state index contributed by atoms with van der Waals surface area (Å²) in [5.41, 5.74) is 2.01. The van der Waals surface area contributed by atoms with Crippen molar-refractivity contribution in [3.63, 3.8) is 0 Å². The van der Waals surface area contributed by atoms with E-state index >= 15 is 0 Å². The third kappa shape index (κ3) is 4.30. The fourth-order valence-corrected chi connectivity index (χ4v) is 3.93. The second-order valence-corrected chi connectivity index (χ2v) is 7.49. The van der Waals surface area contributed by atoms with Crippen LogP contribution in [0, 0.1) is 0 Å². The Kier molecular flexibility index (Phi) is 5.31. The lowest BCUT2D eigenvalue weighted by molar-refractivity contribution is 0.0879. The summed E-state index contributed by atoms with van der Waals surface area (Å²) >= 11 is 1.64. The molecule has 29 heavy (non-hydrogen) atoms. The summed E-state index contributed by atoms with van der Waals surface area (Å²) in [7, 11) is 0. The van der Waals surface area contributed by atoms with Crippen LogP contribution >= 0.6 is 11.8 Å². The Labute approximate surface area is 171 Å². The van der Waals surface area contributed by atoms with Crippen LogP contribution in [0.25, 0.3) is 0 Å². The van der Waals surface area contributed by atoms with Gasteiger partial charge in [0.15, 0.2) is 0 Å². The highest BCUT2D eigenvalue weighted by molar-refractivity contribution is 7.99. The van der Waals surface area contributed by atoms with Crippen LogP contribution in [0.5, 0.6) is 0 Å². The van der Waals surface area contributed by atoms with Gasteiger partial charge in [0.1, 0.15) is 0 Å². The maximum absolute atomic E-state index is 12.3. The lowest BCUT2D eigenvalue weighted by Crippen LogP contribution is -2.28. The fourth-order valence-electron chi connectivity index (χ4n) is 2.96. The molecule has 3 N–H and O–H groups in total. The van der Waals surface area contributed by atoms with E-state index < -0.39 is 17.8 Å². The highest BCUT2D eigenvalue weighted by Crippen LogP contribution is 2.30. The maximum Gasteiger partial charge on any atom is 0.319 e. The van der Waals surface area contributed by atoms with Gasteiger partial charge in [-0.1, -0.05) is 48.2 Å². The van der Waals surface area contributed by atoms with Crippen LogP contribution in [-0.2, 0) is 6.54 Å². The fraction of sp³-hybridized carbons (Fsp3) is 0.0455. The molecule has 4 amide bonds. The van der Waals surface area contributed by atoms with Gasteiger partial charge < -0.3 is 10.6 Å². The molecule has 1 aliphatic rings. The lowest BCUT2D eigenvalue weighted by Gasteiger charge is -2.11. The molecule has 1 heterocycles. The minimum Gasteiger partial charge on any atom is -0.334 e.